The third kappa shape index (κ3) is 4.57. The lowest BCUT2D eigenvalue weighted by atomic mass is 10.2. The molecule has 4 nitrogen and oxygen atoms in total. The van der Waals surface area contributed by atoms with E-state index in [1.54, 1.807) is 6.92 Å². The predicted molar refractivity (Wildman–Crippen MR) is 89.3 cm³/mol. The molecule has 1 aliphatic carbocycles. The Labute approximate surface area is 135 Å². The number of rotatable bonds is 7. The van der Waals surface area contributed by atoms with Crippen LogP contribution in [-0.2, 0) is 21.3 Å². The average molecular weight is 323 g/mol. The zero-order valence-corrected chi connectivity index (χ0v) is 14.2. The Morgan fingerprint density at radius 2 is 2.05 bits per heavy atom. The largest absolute Gasteiger partial charge is 0.494 e. The van der Waals surface area contributed by atoms with Crippen LogP contribution < -0.4 is 10.1 Å². The molecule has 5 heteroatoms. The lowest BCUT2D eigenvalue weighted by Crippen LogP contribution is -2.40. The van der Waals surface area contributed by atoms with Gasteiger partial charge in [-0.1, -0.05) is 31.0 Å². The monoisotopic (exact) mass is 323 g/mol. The normalized spacial score (nSPS) is 17.9. The number of nitrogens with one attached hydrogen (secondary N) is 1. The van der Waals surface area contributed by atoms with E-state index in [-0.39, 0.29) is 11.9 Å². The molecule has 1 saturated carbocycles. The van der Waals surface area contributed by atoms with E-state index in [4.69, 9.17) is 4.74 Å². The van der Waals surface area contributed by atoms with Crippen molar-refractivity contribution in [3.63, 3.8) is 0 Å². The van der Waals surface area contributed by atoms with Crippen molar-refractivity contribution < 1.29 is 13.7 Å². The van der Waals surface area contributed by atoms with Gasteiger partial charge in [0, 0.05) is 22.4 Å². The highest BCUT2D eigenvalue weighted by atomic mass is 32.2. The summed E-state index contributed by atoms with van der Waals surface area (Å²) >= 11 is 0. The predicted octanol–water partition coefficient (Wildman–Crippen LogP) is 2.78. The molecular formula is C17H25NO3S. The average Bonchev–Trinajstić information content (AvgIpc) is 3.01. The molecule has 122 valence electrons. The van der Waals surface area contributed by atoms with Crippen LogP contribution in [0.2, 0.25) is 0 Å². The van der Waals surface area contributed by atoms with Crippen LogP contribution in [0.4, 0.5) is 0 Å². The fraction of sp³-hybridized carbons (Fsp3) is 0.588. The first kappa shape index (κ1) is 17.0. The van der Waals surface area contributed by atoms with Crippen molar-refractivity contribution in [1.29, 1.82) is 0 Å². The molecular weight excluding hydrogens is 298 g/mol. The van der Waals surface area contributed by atoms with Crippen molar-refractivity contribution >= 4 is 16.7 Å². The lowest BCUT2D eigenvalue weighted by molar-refractivity contribution is -0.121. The Morgan fingerprint density at radius 1 is 1.36 bits per heavy atom. The van der Waals surface area contributed by atoms with Crippen LogP contribution >= 0.6 is 0 Å². The first-order valence-corrected chi connectivity index (χ1v) is 9.38. The number of ether oxygens (including phenoxy) is 1. The van der Waals surface area contributed by atoms with E-state index in [1.807, 2.05) is 31.2 Å². The second kappa shape index (κ2) is 8.32. The molecule has 0 heterocycles. The molecule has 0 saturated heterocycles. The minimum absolute atomic E-state index is 0.0980. The molecule has 1 fully saturated rings. The van der Waals surface area contributed by atoms with Gasteiger partial charge in [0.2, 0.25) is 5.91 Å². The van der Waals surface area contributed by atoms with Gasteiger partial charge in [0.15, 0.2) is 0 Å². The van der Waals surface area contributed by atoms with Crippen LogP contribution in [0.5, 0.6) is 5.75 Å². The summed E-state index contributed by atoms with van der Waals surface area (Å²) in [5.74, 6) is 0.996. The molecule has 2 atom stereocenters. The first-order chi connectivity index (χ1) is 10.6. The summed E-state index contributed by atoms with van der Waals surface area (Å²) in [7, 11) is -1.25. The number of amides is 1. The maximum atomic E-state index is 12.5. The van der Waals surface area contributed by atoms with Gasteiger partial charge in [0.1, 0.15) is 11.0 Å². The number of carbonyl (C=O) groups is 1. The molecule has 0 aromatic heterocycles. The van der Waals surface area contributed by atoms with E-state index in [2.05, 4.69) is 5.32 Å². The lowest BCUT2D eigenvalue weighted by Gasteiger charge is -2.17. The van der Waals surface area contributed by atoms with E-state index in [1.165, 1.54) is 12.8 Å². The molecule has 1 aliphatic rings. The Bertz CT molecular complexity index is 526. The smallest absolute Gasteiger partial charge is 0.235 e. The van der Waals surface area contributed by atoms with Crippen molar-refractivity contribution in [2.24, 2.45) is 0 Å². The van der Waals surface area contributed by atoms with Crippen molar-refractivity contribution in [1.82, 2.24) is 5.32 Å². The summed E-state index contributed by atoms with van der Waals surface area (Å²) in [6.07, 6.45) is 4.42. The van der Waals surface area contributed by atoms with E-state index in [9.17, 15) is 9.00 Å². The van der Waals surface area contributed by atoms with Crippen LogP contribution in [0.1, 0.15) is 45.1 Å². The topological polar surface area (TPSA) is 55.4 Å². The minimum atomic E-state index is -1.25. The van der Waals surface area contributed by atoms with Gasteiger partial charge < -0.3 is 10.1 Å². The summed E-state index contributed by atoms with van der Waals surface area (Å²) in [6.45, 7) is 4.23. The van der Waals surface area contributed by atoms with Crippen molar-refractivity contribution in [3.05, 3.63) is 29.8 Å². The van der Waals surface area contributed by atoms with E-state index in [0.29, 0.717) is 12.4 Å². The third-order valence-electron chi connectivity index (χ3n) is 4.04. The Balaban J connectivity index is 1.94. The van der Waals surface area contributed by atoms with Crippen molar-refractivity contribution in [2.75, 3.05) is 6.61 Å². The minimum Gasteiger partial charge on any atom is -0.494 e. The highest BCUT2D eigenvalue weighted by molar-refractivity contribution is 7.85. The molecule has 1 aromatic carbocycles. The molecule has 1 amide bonds. The molecule has 0 radical (unpaired) electrons. The zero-order chi connectivity index (χ0) is 15.9. The maximum absolute atomic E-state index is 12.5. The second-order valence-electron chi connectivity index (χ2n) is 5.70. The third-order valence-corrected chi connectivity index (χ3v) is 5.63. The van der Waals surface area contributed by atoms with Gasteiger partial charge in [-0.2, -0.15) is 0 Å². The maximum Gasteiger partial charge on any atom is 0.235 e. The number of hydrogen-bond acceptors (Lipinski definition) is 3. The number of hydrogen-bond donors (Lipinski definition) is 1. The molecule has 0 aliphatic heterocycles. The van der Waals surface area contributed by atoms with Gasteiger partial charge in [0.05, 0.1) is 12.4 Å². The van der Waals surface area contributed by atoms with E-state index >= 15 is 0 Å². The Hall–Kier alpha value is -1.36. The first-order valence-electron chi connectivity index (χ1n) is 8.00. The summed E-state index contributed by atoms with van der Waals surface area (Å²) < 4.78 is 18.0. The van der Waals surface area contributed by atoms with Crippen LogP contribution in [0.15, 0.2) is 24.3 Å². The van der Waals surface area contributed by atoms with Crippen LogP contribution in [0, 0.1) is 0 Å². The molecule has 2 rings (SSSR count). The van der Waals surface area contributed by atoms with Crippen molar-refractivity contribution in [3.8, 4) is 5.75 Å². The fourth-order valence-corrected chi connectivity index (χ4v) is 3.81. The Kier molecular flexibility index (Phi) is 6.43. The number of para-hydroxylation sites is 1. The van der Waals surface area contributed by atoms with Crippen LogP contribution in [0.3, 0.4) is 0 Å². The molecule has 0 bridgehead atoms. The summed E-state index contributed by atoms with van der Waals surface area (Å²) in [5, 5.41) is 2.52. The van der Waals surface area contributed by atoms with Gasteiger partial charge >= 0.3 is 0 Å². The highest BCUT2D eigenvalue weighted by Crippen LogP contribution is 2.21. The standard InChI is InChI=1S/C17H25NO3S/c1-3-21-16-11-7-4-8-14(16)12-22(20)13(2)17(19)18-15-9-5-6-10-15/h4,7-8,11,13,15H,3,5-6,9-10,12H2,1-2H3,(H,18,19)/t13-,22-/m0/s1. The molecule has 1 aromatic rings. The molecule has 22 heavy (non-hydrogen) atoms. The molecule has 0 unspecified atom stereocenters. The van der Waals surface area contributed by atoms with E-state index < -0.39 is 16.0 Å². The number of benzene rings is 1. The van der Waals surface area contributed by atoms with Crippen molar-refractivity contribution in [2.45, 2.75) is 56.6 Å². The van der Waals surface area contributed by atoms with Crippen LogP contribution in [0.25, 0.3) is 0 Å². The quantitative estimate of drug-likeness (QED) is 0.839. The summed E-state index contributed by atoms with van der Waals surface area (Å²) in [4.78, 5) is 12.2. The summed E-state index contributed by atoms with van der Waals surface area (Å²) in [5.41, 5.74) is 0.892. The van der Waals surface area contributed by atoms with Gasteiger partial charge in [-0.05, 0) is 32.8 Å². The van der Waals surface area contributed by atoms with Gasteiger partial charge in [-0.15, -0.1) is 0 Å². The molecule has 1 N–H and O–H groups in total. The van der Waals surface area contributed by atoms with Gasteiger partial charge in [-0.3, -0.25) is 9.00 Å². The zero-order valence-electron chi connectivity index (χ0n) is 13.3. The highest BCUT2D eigenvalue weighted by Gasteiger charge is 2.24. The van der Waals surface area contributed by atoms with Gasteiger partial charge in [-0.25, -0.2) is 0 Å². The Morgan fingerprint density at radius 3 is 2.73 bits per heavy atom. The fourth-order valence-electron chi connectivity index (χ4n) is 2.71. The SMILES string of the molecule is CCOc1ccccc1C[S@](=O)[C@@H](C)C(=O)NC1CCCC1. The number of carbonyl (C=O) groups excluding carboxylic acids is 1. The van der Waals surface area contributed by atoms with Crippen LogP contribution in [-0.4, -0.2) is 28.0 Å². The second-order valence-corrected chi connectivity index (χ2v) is 7.46. The van der Waals surface area contributed by atoms with E-state index in [0.717, 1.165) is 24.2 Å². The van der Waals surface area contributed by atoms with Gasteiger partial charge in [0.25, 0.3) is 0 Å². The summed E-state index contributed by atoms with van der Waals surface area (Å²) in [6, 6.07) is 7.85. The molecule has 0 spiro atoms.